The van der Waals surface area contributed by atoms with E-state index >= 15 is 0 Å². The summed E-state index contributed by atoms with van der Waals surface area (Å²) in [6, 6.07) is 10.0. The maximum Gasteiger partial charge on any atom is 0.183 e. The van der Waals surface area contributed by atoms with Crippen molar-refractivity contribution in [1.82, 2.24) is 4.98 Å². The molecule has 2 rings (SSSR count). The van der Waals surface area contributed by atoms with Crippen molar-refractivity contribution >= 4 is 16.5 Å². The molecule has 0 unspecified atom stereocenters. The van der Waals surface area contributed by atoms with Gasteiger partial charge in [-0.2, -0.15) is 0 Å². The zero-order valence-corrected chi connectivity index (χ0v) is 11.4. The highest BCUT2D eigenvalue weighted by atomic mass is 16.7. The number of hydrogen-bond acceptors (Lipinski definition) is 3. The standard InChI is InChI=1S/C16H19NO2/c1-4-18-16(19-5-2)12(3)14-10-6-8-13-9-7-11-17-15(13)14/h6-11,16H,3-5H2,1-2H3. The molecule has 3 nitrogen and oxygen atoms in total. The third kappa shape index (κ3) is 3.00. The molecule has 1 heterocycles. The van der Waals surface area contributed by atoms with E-state index in [4.69, 9.17) is 9.47 Å². The van der Waals surface area contributed by atoms with Gasteiger partial charge in [-0.15, -0.1) is 0 Å². The fourth-order valence-corrected chi connectivity index (χ4v) is 2.04. The van der Waals surface area contributed by atoms with Crippen LogP contribution in [0.15, 0.2) is 43.1 Å². The first-order chi connectivity index (χ1) is 9.27. The topological polar surface area (TPSA) is 31.4 Å². The summed E-state index contributed by atoms with van der Waals surface area (Å²) in [4.78, 5) is 4.43. The molecule has 0 aliphatic heterocycles. The molecule has 0 spiro atoms. The number of benzene rings is 1. The van der Waals surface area contributed by atoms with Crippen molar-refractivity contribution in [3.05, 3.63) is 48.7 Å². The lowest BCUT2D eigenvalue weighted by molar-refractivity contribution is -0.0962. The van der Waals surface area contributed by atoms with Crippen LogP contribution < -0.4 is 0 Å². The molecule has 19 heavy (non-hydrogen) atoms. The molecule has 0 N–H and O–H groups in total. The van der Waals surface area contributed by atoms with Crippen LogP contribution in [0.5, 0.6) is 0 Å². The Morgan fingerprint density at radius 1 is 1.16 bits per heavy atom. The number of fused-ring (bicyclic) bond motifs is 1. The van der Waals surface area contributed by atoms with Crippen LogP contribution in [0.2, 0.25) is 0 Å². The van der Waals surface area contributed by atoms with E-state index in [1.807, 2.05) is 44.2 Å². The molecule has 0 radical (unpaired) electrons. The lowest BCUT2D eigenvalue weighted by atomic mass is 10.0. The van der Waals surface area contributed by atoms with Gasteiger partial charge in [-0.1, -0.05) is 30.8 Å². The van der Waals surface area contributed by atoms with Crippen LogP contribution in [0.3, 0.4) is 0 Å². The summed E-state index contributed by atoms with van der Waals surface area (Å²) in [5, 5.41) is 1.09. The second-order valence-electron chi connectivity index (χ2n) is 4.15. The number of hydrogen-bond donors (Lipinski definition) is 0. The molecule has 3 heteroatoms. The lowest BCUT2D eigenvalue weighted by Gasteiger charge is -2.20. The van der Waals surface area contributed by atoms with E-state index in [0.29, 0.717) is 13.2 Å². The van der Waals surface area contributed by atoms with Gasteiger partial charge in [0.2, 0.25) is 0 Å². The van der Waals surface area contributed by atoms with Gasteiger partial charge in [-0.05, 0) is 19.9 Å². The predicted octanol–water partition coefficient (Wildman–Crippen LogP) is 3.65. The van der Waals surface area contributed by atoms with Crippen LogP contribution in [0.25, 0.3) is 16.5 Å². The maximum absolute atomic E-state index is 5.60. The van der Waals surface area contributed by atoms with E-state index in [1.165, 1.54) is 0 Å². The van der Waals surface area contributed by atoms with Crippen molar-refractivity contribution in [2.45, 2.75) is 20.1 Å². The predicted molar refractivity (Wildman–Crippen MR) is 77.8 cm³/mol. The third-order valence-electron chi connectivity index (χ3n) is 2.90. The molecule has 1 aromatic carbocycles. The highest BCUT2D eigenvalue weighted by Gasteiger charge is 2.16. The summed E-state index contributed by atoms with van der Waals surface area (Å²) in [5.41, 5.74) is 2.72. The van der Waals surface area contributed by atoms with Crippen molar-refractivity contribution in [3.8, 4) is 0 Å². The molecule has 0 saturated heterocycles. The second kappa shape index (κ2) is 6.45. The molecule has 100 valence electrons. The summed E-state index contributed by atoms with van der Waals surface area (Å²) >= 11 is 0. The van der Waals surface area contributed by atoms with E-state index in [2.05, 4.69) is 11.6 Å². The molecule has 0 aliphatic rings. The molecule has 0 atom stereocenters. The zero-order valence-electron chi connectivity index (χ0n) is 11.4. The normalized spacial score (nSPS) is 11.1. The number of rotatable bonds is 6. The second-order valence-corrected chi connectivity index (χ2v) is 4.15. The molecular weight excluding hydrogens is 238 g/mol. The number of ether oxygens (including phenoxy) is 2. The van der Waals surface area contributed by atoms with E-state index in [-0.39, 0.29) is 0 Å². The number of aromatic nitrogens is 1. The Morgan fingerprint density at radius 3 is 2.53 bits per heavy atom. The zero-order chi connectivity index (χ0) is 13.7. The van der Waals surface area contributed by atoms with Gasteiger partial charge in [-0.25, -0.2) is 0 Å². The Labute approximate surface area is 113 Å². The first kappa shape index (κ1) is 13.7. The Morgan fingerprint density at radius 2 is 1.84 bits per heavy atom. The van der Waals surface area contributed by atoms with Gasteiger partial charge >= 0.3 is 0 Å². The fraction of sp³-hybridized carbons (Fsp3) is 0.312. The summed E-state index contributed by atoms with van der Waals surface area (Å²) in [6.45, 7) is 9.18. The SMILES string of the molecule is C=C(c1cccc2cccnc12)C(OCC)OCC. The first-order valence-electron chi connectivity index (χ1n) is 6.54. The van der Waals surface area contributed by atoms with Gasteiger partial charge in [0.05, 0.1) is 5.52 Å². The third-order valence-corrected chi connectivity index (χ3v) is 2.90. The van der Waals surface area contributed by atoms with Crippen LogP contribution >= 0.6 is 0 Å². The Balaban J connectivity index is 2.39. The van der Waals surface area contributed by atoms with E-state index < -0.39 is 6.29 Å². The summed E-state index contributed by atoms with van der Waals surface area (Å²) in [5.74, 6) is 0. The van der Waals surface area contributed by atoms with Gasteiger partial charge in [-0.3, -0.25) is 4.98 Å². The van der Waals surface area contributed by atoms with E-state index in [9.17, 15) is 0 Å². The van der Waals surface area contributed by atoms with E-state index in [1.54, 1.807) is 6.20 Å². The van der Waals surface area contributed by atoms with Crippen molar-refractivity contribution in [2.24, 2.45) is 0 Å². The monoisotopic (exact) mass is 257 g/mol. The average Bonchev–Trinajstić information content (AvgIpc) is 2.46. The molecule has 0 bridgehead atoms. The maximum atomic E-state index is 5.60. The minimum Gasteiger partial charge on any atom is -0.349 e. The van der Waals surface area contributed by atoms with Crippen LogP contribution in [-0.4, -0.2) is 24.5 Å². The first-order valence-corrected chi connectivity index (χ1v) is 6.54. The number of nitrogens with zero attached hydrogens (tertiary/aromatic N) is 1. The minimum absolute atomic E-state index is 0.414. The van der Waals surface area contributed by atoms with Gasteiger partial charge in [0.25, 0.3) is 0 Å². The molecule has 0 saturated carbocycles. The van der Waals surface area contributed by atoms with Crippen molar-refractivity contribution < 1.29 is 9.47 Å². The van der Waals surface area contributed by atoms with Crippen molar-refractivity contribution in [3.63, 3.8) is 0 Å². The van der Waals surface area contributed by atoms with Crippen molar-refractivity contribution in [2.75, 3.05) is 13.2 Å². The van der Waals surface area contributed by atoms with Crippen LogP contribution in [0.4, 0.5) is 0 Å². The molecule has 1 aromatic heterocycles. The van der Waals surface area contributed by atoms with Gasteiger partial charge in [0.15, 0.2) is 6.29 Å². The van der Waals surface area contributed by atoms with Gasteiger partial charge in [0.1, 0.15) is 0 Å². The van der Waals surface area contributed by atoms with Crippen molar-refractivity contribution in [1.29, 1.82) is 0 Å². The van der Waals surface area contributed by atoms with Gasteiger partial charge in [0, 0.05) is 35.9 Å². The summed E-state index contributed by atoms with van der Waals surface area (Å²) < 4.78 is 11.2. The minimum atomic E-state index is -0.414. The van der Waals surface area contributed by atoms with Gasteiger partial charge < -0.3 is 9.47 Å². The molecule has 0 amide bonds. The number of para-hydroxylation sites is 1. The average molecular weight is 257 g/mol. The lowest BCUT2D eigenvalue weighted by Crippen LogP contribution is -2.19. The number of pyridine rings is 1. The largest absolute Gasteiger partial charge is 0.349 e. The molecule has 0 fully saturated rings. The Kier molecular flexibility index (Phi) is 4.66. The highest BCUT2D eigenvalue weighted by molar-refractivity contribution is 5.90. The van der Waals surface area contributed by atoms with E-state index in [0.717, 1.165) is 22.0 Å². The molecule has 2 aromatic rings. The van der Waals surface area contributed by atoms with Crippen LogP contribution in [0, 0.1) is 0 Å². The highest BCUT2D eigenvalue weighted by Crippen LogP contribution is 2.26. The Bertz CT molecular complexity index is 554. The van der Waals surface area contributed by atoms with Crippen LogP contribution in [-0.2, 0) is 9.47 Å². The summed E-state index contributed by atoms with van der Waals surface area (Å²) in [7, 11) is 0. The van der Waals surface area contributed by atoms with Crippen LogP contribution in [0.1, 0.15) is 19.4 Å². The quantitative estimate of drug-likeness (QED) is 0.740. The fourth-order valence-electron chi connectivity index (χ4n) is 2.04. The Hall–Kier alpha value is -1.71. The smallest absolute Gasteiger partial charge is 0.183 e. The molecule has 0 aliphatic carbocycles. The molecular formula is C16H19NO2. The summed E-state index contributed by atoms with van der Waals surface area (Å²) in [6.07, 6.45) is 1.37.